The van der Waals surface area contributed by atoms with Gasteiger partial charge in [-0.05, 0) is 36.6 Å². The van der Waals surface area contributed by atoms with Gasteiger partial charge in [0.15, 0.2) is 11.5 Å². The van der Waals surface area contributed by atoms with Crippen molar-refractivity contribution >= 4 is 11.8 Å². The van der Waals surface area contributed by atoms with Crippen molar-refractivity contribution in [3.8, 4) is 11.5 Å². The highest BCUT2D eigenvalue weighted by Crippen LogP contribution is 2.27. The molecule has 2 rings (SSSR count). The molecule has 0 heterocycles. The van der Waals surface area contributed by atoms with Crippen molar-refractivity contribution in [3.05, 3.63) is 59.7 Å². The van der Waals surface area contributed by atoms with E-state index >= 15 is 0 Å². The molecule has 0 saturated carbocycles. The number of carbonyl (C=O) groups excluding carboxylic acids is 2. The normalized spacial score (nSPS) is 11.7. The van der Waals surface area contributed by atoms with Crippen molar-refractivity contribution in [2.24, 2.45) is 5.92 Å². The molecule has 0 bridgehead atoms. The number of hydrogen-bond donors (Lipinski definition) is 1. The number of nitrogens with zero attached hydrogens (tertiary/aromatic N) is 1. The van der Waals surface area contributed by atoms with Crippen molar-refractivity contribution in [2.75, 3.05) is 20.8 Å². The van der Waals surface area contributed by atoms with Crippen molar-refractivity contribution < 1.29 is 19.1 Å². The topological polar surface area (TPSA) is 67.9 Å². The maximum atomic E-state index is 12.8. The van der Waals surface area contributed by atoms with E-state index in [9.17, 15) is 9.59 Å². The number of ether oxygens (including phenoxy) is 2. The highest BCUT2D eigenvalue weighted by Gasteiger charge is 2.27. The zero-order valence-corrected chi connectivity index (χ0v) is 18.5. The zero-order valence-electron chi connectivity index (χ0n) is 18.5. The minimum atomic E-state index is -0.564. The minimum absolute atomic E-state index is 0.0404. The number of methoxy groups -OCH3 is 2. The van der Waals surface area contributed by atoms with E-state index < -0.39 is 6.04 Å². The van der Waals surface area contributed by atoms with Gasteiger partial charge in [0.2, 0.25) is 11.8 Å². The van der Waals surface area contributed by atoms with Crippen LogP contribution in [-0.4, -0.2) is 43.5 Å². The predicted octanol–water partition coefficient (Wildman–Crippen LogP) is 3.44. The first-order chi connectivity index (χ1) is 14.4. The van der Waals surface area contributed by atoms with Crippen molar-refractivity contribution in [2.45, 2.75) is 39.8 Å². The van der Waals surface area contributed by atoms with Crippen LogP contribution in [0.25, 0.3) is 0 Å². The lowest BCUT2D eigenvalue weighted by atomic mass is 10.1. The van der Waals surface area contributed by atoms with Gasteiger partial charge in [0, 0.05) is 19.0 Å². The number of amides is 2. The van der Waals surface area contributed by atoms with Gasteiger partial charge >= 0.3 is 0 Å². The molecule has 0 fully saturated rings. The summed E-state index contributed by atoms with van der Waals surface area (Å²) in [5.41, 5.74) is 2.02. The molecular formula is C24H32N2O4. The van der Waals surface area contributed by atoms with E-state index in [1.807, 2.05) is 62.4 Å². The molecule has 0 spiro atoms. The van der Waals surface area contributed by atoms with Crippen LogP contribution in [0.5, 0.6) is 11.5 Å². The van der Waals surface area contributed by atoms with Gasteiger partial charge in [0.25, 0.3) is 0 Å². The van der Waals surface area contributed by atoms with Crippen LogP contribution in [0.2, 0.25) is 0 Å². The smallest absolute Gasteiger partial charge is 0.242 e. The van der Waals surface area contributed by atoms with E-state index in [-0.39, 0.29) is 17.7 Å². The van der Waals surface area contributed by atoms with E-state index in [2.05, 4.69) is 5.32 Å². The van der Waals surface area contributed by atoms with Crippen LogP contribution in [0.3, 0.4) is 0 Å². The van der Waals surface area contributed by atoms with Crippen LogP contribution in [-0.2, 0) is 22.6 Å². The highest BCUT2D eigenvalue weighted by atomic mass is 16.5. The third-order valence-corrected chi connectivity index (χ3v) is 4.98. The first kappa shape index (κ1) is 23.3. The molecule has 0 saturated heterocycles. The van der Waals surface area contributed by atoms with Gasteiger partial charge in [-0.2, -0.15) is 0 Å². The fourth-order valence-corrected chi connectivity index (χ4v) is 3.17. The second-order valence-corrected chi connectivity index (χ2v) is 7.51. The third-order valence-electron chi connectivity index (χ3n) is 4.98. The van der Waals surface area contributed by atoms with Crippen LogP contribution >= 0.6 is 0 Å². The van der Waals surface area contributed by atoms with Gasteiger partial charge in [-0.3, -0.25) is 9.59 Å². The molecule has 0 aliphatic heterocycles. The Hall–Kier alpha value is -3.02. The maximum absolute atomic E-state index is 12.8. The van der Waals surface area contributed by atoms with E-state index in [0.717, 1.165) is 11.1 Å². The summed E-state index contributed by atoms with van der Waals surface area (Å²) in [7, 11) is 3.19. The molecule has 2 aromatic carbocycles. The summed E-state index contributed by atoms with van der Waals surface area (Å²) in [6.07, 6.45) is 0.648. The summed E-state index contributed by atoms with van der Waals surface area (Å²) in [6, 6.07) is 14.8. The van der Waals surface area contributed by atoms with Crippen LogP contribution in [0, 0.1) is 5.92 Å². The molecule has 1 unspecified atom stereocenters. The molecule has 2 aromatic rings. The average molecular weight is 413 g/mol. The Morgan fingerprint density at radius 1 is 0.933 bits per heavy atom. The lowest BCUT2D eigenvalue weighted by Crippen LogP contribution is -2.49. The lowest BCUT2D eigenvalue weighted by molar-refractivity contribution is -0.143. The van der Waals surface area contributed by atoms with Crippen LogP contribution < -0.4 is 14.8 Å². The standard InChI is InChI=1S/C24H32N2O4/c1-17(2)24(28)26(16-20-9-7-6-8-10-20)18(3)23(27)25-14-13-19-11-12-21(29-4)22(15-19)30-5/h6-12,15,17-18H,13-14,16H2,1-5H3,(H,25,27). The summed E-state index contributed by atoms with van der Waals surface area (Å²) in [5.74, 6) is 0.937. The summed E-state index contributed by atoms with van der Waals surface area (Å²) >= 11 is 0. The molecular weight excluding hydrogens is 380 g/mol. The van der Waals surface area contributed by atoms with E-state index in [1.165, 1.54) is 0 Å². The van der Waals surface area contributed by atoms with Crippen molar-refractivity contribution in [1.82, 2.24) is 10.2 Å². The molecule has 30 heavy (non-hydrogen) atoms. The van der Waals surface area contributed by atoms with Crippen LogP contribution in [0.4, 0.5) is 0 Å². The van der Waals surface area contributed by atoms with Gasteiger partial charge in [0.1, 0.15) is 6.04 Å². The molecule has 2 amide bonds. The Kier molecular flexibility index (Phi) is 8.71. The number of nitrogens with one attached hydrogen (secondary N) is 1. The first-order valence-corrected chi connectivity index (χ1v) is 10.2. The number of rotatable bonds is 10. The Morgan fingerprint density at radius 2 is 1.60 bits per heavy atom. The molecule has 162 valence electrons. The van der Waals surface area contributed by atoms with Gasteiger partial charge < -0.3 is 19.7 Å². The molecule has 6 nitrogen and oxygen atoms in total. The fourth-order valence-electron chi connectivity index (χ4n) is 3.17. The second kappa shape index (κ2) is 11.2. The Balaban J connectivity index is 2.00. The molecule has 1 N–H and O–H groups in total. The fraction of sp³-hybridized carbons (Fsp3) is 0.417. The molecule has 0 aliphatic carbocycles. The molecule has 6 heteroatoms. The molecule has 0 aliphatic rings. The largest absolute Gasteiger partial charge is 0.493 e. The van der Waals surface area contributed by atoms with Crippen molar-refractivity contribution in [1.29, 1.82) is 0 Å². The van der Waals surface area contributed by atoms with E-state index in [1.54, 1.807) is 26.0 Å². The number of carbonyl (C=O) groups is 2. The Bertz CT molecular complexity index is 836. The average Bonchev–Trinajstić information content (AvgIpc) is 2.76. The van der Waals surface area contributed by atoms with Crippen LogP contribution in [0.15, 0.2) is 48.5 Å². The summed E-state index contributed by atoms with van der Waals surface area (Å²) in [5, 5.41) is 2.95. The Morgan fingerprint density at radius 3 is 2.20 bits per heavy atom. The summed E-state index contributed by atoms with van der Waals surface area (Å²) in [4.78, 5) is 27.2. The van der Waals surface area contributed by atoms with Gasteiger partial charge in [-0.1, -0.05) is 50.2 Å². The summed E-state index contributed by atoms with van der Waals surface area (Å²) in [6.45, 7) is 6.34. The second-order valence-electron chi connectivity index (χ2n) is 7.51. The van der Waals surface area contributed by atoms with E-state index in [4.69, 9.17) is 9.47 Å². The maximum Gasteiger partial charge on any atom is 0.242 e. The molecule has 0 aromatic heterocycles. The third kappa shape index (κ3) is 6.24. The summed E-state index contributed by atoms with van der Waals surface area (Å²) < 4.78 is 10.6. The Labute approximate surface area is 179 Å². The van der Waals surface area contributed by atoms with E-state index in [0.29, 0.717) is 31.0 Å². The van der Waals surface area contributed by atoms with Gasteiger partial charge in [0.05, 0.1) is 14.2 Å². The number of benzene rings is 2. The molecule has 0 radical (unpaired) electrons. The van der Waals surface area contributed by atoms with Crippen molar-refractivity contribution in [3.63, 3.8) is 0 Å². The quantitative estimate of drug-likeness (QED) is 0.649. The van der Waals surface area contributed by atoms with Gasteiger partial charge in [-0.25, -0.2) is 0 Å². The zero-order chi connectivity index (χ0) is 22.1. The SMILES string of the molecule is COc1ccc(CCNC(=O)C(C)N(Cc2ccccc2)C(=O)C(C)C)cc1OC. The monoisotopic (exact) mass is 412 g/mol. The highest BCUT2D eigenvalue weighted by molar-refractivity contribution is 5.88. The predicted molar refractivity (Wildman–Crippen MR) is 118 cm³/mol. The lowest BCUT2D eigenvalue weighted by Gasteiger charge is -2.30. The minimum Gasteiger partial charge on any atom is -0.493 e. The molecule has 1 atom stereocenters. The van der Waals surface area contributed by atoms with Crippen LogP contribution in [0.1, 0.15) is 31.9 Å². The number of hydrogen-bond acceptors (Lipinski definition) is 4. The first-order valence-electron chi connectivity index (χ1n) is 10.2. The van der Waals surface area contributed by atoms with Gasteiger partial charge in [-0.15, -0.1) is 0 Å².